The fourth-order valence-electron chi connectivity index (χ4n) is 2.91. The zero-order chi connectivity index (χ0) is 17.9. The molecule has 0 amide bonds. The third-order valence-corrected chi connectivity index (χ3v) is 5.14. The lowest BCUT2D eigenvalue weighted by Gasteiger charge is -1.98. The van der Waals surface area contributed by atoms with Crippen LogP contribution >= 0.6 is 11.3 Å². The number of rotatable bonds is 2. The van der Waals surface area contributed by atoms with Crippen molar-refractivity contribution in [3.63, 3.8) is 0 Å². The van der Waals surface area contributed by atoms with Crippen LogP contribution in [-0.4, -0.2) is 29.4 Å². The van der Waals surface area contributed by atoms with E-state index in [2.05, 4.69) is 20.2 Å². The topological polar surface area (TPSA) is 60.9 Å². The first kappa shape index (κ1) is 16.0. The number of fused-ring (bicyclic) bond motifs is 3. The Labute approximate surface area is 143 Å². The van der Waals surface area contributed by atoms with Crippen LogP contribution < -0.4 is 0 Å². The summed E-state index contributed by atoms with van der Waals surface area (Å²) < 4.78 is 41.3. The number of hydrogen-bond donors (Lipinski definition) is 0. The van der Waals surface area contributed by atoms with Gasteiger partial charge in [0, 0.05) is 11.9 Å². The normalized spacial score (nSPS) is 12.6. The molecule has 0 atom stereocenters. The summed E-state index contributed by atoms with van der Waals surface area (Å²) in [4.78, 5) is 10.9. The molecule has 6 nitrogen and oxygen atoms in total. The van der Waals surface area contributed by atoms with Gasteiger partial charge in [0.05, 0.1) is 5.39 Å². The minimum Gasteiger partial charge on any atom is -0.264 e. The highest BCUT2D eigenvalue weighted by Gasteiger charge is 2.35. The van der Waals surface area contributed by atoms with E-state index in [0.717, 1.165) is 37.8 Å². The number of nitrogens with zero attached hydrogens (tertiary/aromatic N) is 6. The number of halogens is 3. The highest BCUT2D eigenvalue weighted by Crippen LogP contribution is 2.34. The van der Waals surface area contributed by atoms with Crippen molar-refractivity contribution in [3.8, 4) is 11.5 Å². The number of hydrogen-bond acceptors (Lipinski definition) is 5. The van der Waals surface area contributed by atoms with E-state index in [1.165, 1.54) is 17.9 Å². The largest absolute Gasteiger partial charge is 0.435 e. The molecule has 10 heteroatoms. The number of alkyl halides is 3. The third kappa shape index (κ3) is 2.39. The van der Waals surface area contributed by atoms with Crippen molar-refractivity contribution >= 4 is 27.2 Å². The van der Waals surface area contributed by atoms with E-state index < -0.39 is 11.9 Å². The van der Waals surface area contributed by atoms with Crippen molar-refractivity contribution < 1.29 is 13.2 Å². The van der Waals surface area contributed by atoms with Crippen LogP contribution in [0.5, 0.6) is 0 Å². The molecule has 0 radical (unpaired) electrons. The standard InChI is InChI=1S/C15H13F3N6S/c1-4-8-7(2)25-14-11(8)13-20-12(22-24(13)6-19-14)9-5-10(15(16,17)18)21-23(9)3/h5-6H,4H2,1-3H3. The van der Waals surface area contributed by atoms with Crippen LogP contribution in [0, 0.1) is 6.92 Å². The van der Waals surface area contributed by atoms with Gasteiger partial charge in [-0.25, -0.2) is 14.5 Å². The summed E-state index contributed by atoms with van der Waals surface area (Å²) >= 11 is 1.58. The molecule has 0 aliphatic heterocycles. The quantitative estimate of drug-likeness (QED) is 0.544. The summed E-state index contributed by atoms with van der Waals surface area (Å²) in [5.41, 5.74) is 0.968. The molecular weight excluding hydrogens is 353 g/mol. The van der Waals surface area contributed by atoms with E-state index in [9.17, 15) is 13.2 Å². The number of aromatic nitrogens is 6. The van der Waals surface area contributed by atoms with Crippen LogP contribution in [0.1, 0.15) is 23.1 Å². The maximum absolute atomic E-state index is 12.9. The van der Waals surface area contributed by atoms with Gasteiger partial charge >= 0.3 is 6.18 Å². The predicted molar refractivity (Wildman–Crippen MR) is 87.5 cm³/mol. The highest BCUT2D eigenvalue weighted by molar-refractivity contribution is 7.18. The van der Waals surface area contributed by atoms with Gasteiger partial charge in [-0.3, -0.25) is 4.68 Å². The lowest BCUT2D eigenvalue weighted by atomic mass is 10.1. The molecular formula is C15H13F3N6S. The lowest BCUT2D eigenvalue weighted by molar-refractivity contribution is -0.141. The van der Waals surface area contributed by atoms with Crippen LogP contribution in [-0.2, 0) is 19.6 Å². The Hall–Kier alpha value is -2.49. The Bertz CT molecular complexity index is 1100. The summed E-state index contributed by atoms with van der Waals surface area (Å²) in [6, 6.07) is 0.957. The van der Waals surface area contributed by atoms with Crippen molar-refractivity contribution in [1.82, 2.24) is 29.4 Å². The van der Waals surface area contributed by atoms with Crippen LogP contribution in [0.4, 0.5) is 13.2 Å². The molecule has 0 N–H and O–H groups in total. The van der Waals surface area contributed by atoms with Crippen molar-refractivity contribution in [2.45, 2.75) is 26.4 Å². The molecule has 4 aromatic heterocycles. The van der Waals surface area contributed by atoms with Crippen molar-refractivity contribution in [2.24, 2.45) is 7.05 Å². The molecule has 0 aromatic carbocycles. The van der Waals surface area contributed by atoms with Gasteiger partial charge in [-0.05, 0) is 25.0 Å². The molecule has 0 spiro atoms. The average molecular weight is 366 g/mol. The molecule has 0 unspecified atom stereocenters. The van der Waals surface area contributed by atoms with Gasteiger partial charge in [0.1, 0.15) is 16.9 Å². The predicted octanol–water partition coefficient (Wildman–Crippen LogP) is 3.63. The summed E-state index contributed by atoms with van der Waals surface area (Å²) in [5, 5.41) is 8.72. The molecule has 0 aliphatic rings. The highest BCUT2D eigenvalue weighted by atomic mass is 32.1. The van der Waals surface area contributed by atoms with Crippen molar-refractivity contribution in [3.05, 3.63) is 28.5 Å². The maximum Gasteiger partial charge on any atom is 0.435 e. The number of thiophene rings is 1. The fourth-order valence-corrected chi connectivity index (χ4v) is 3.99. The Kier molecular flexibility index (Phi) is 3.36. The van der Waals surface area contributed by atoms with E-state index >= 15 is 0 Å². The molecule has 4 aromatic rings. The molecule has 130 valence electrons. The van der Waals surface area contributed by atoms with E-state index in [1.807, 2.05) is 13.8 Å². The Balaban J connectivity index is 1.96. The average Bonchev–Trinajstić information content (AvgIpc) is 3.19. The molecule has 0 aliphatic carbocycles. The first-order valence-corrected chi connectivity index (χ1v) is 8.36. The lowest BCUT2D eigenvalue weighted by Crippen LogP contribution is -2.06. The summed E-state index contributed by atoms with van der Waals surface area (Å²) in [7, 11) is 1.44. The summed E-state index contributed by atoms with van der Waals surface area (Å²) in [5.74, 6) is 0.186. The van der Waals surface area contributed by atoms with Gasteiger partial charge in [-0.15, -0.1) is 16.4 Å². The van der Waals surface area contributed by atoms with Crippen LogP contribution in [0.25, 0.3) is 27.4 Å². The molecule has 0 saturated carbocycles. The van der Waals surface area contributed by atoms with Crippen LogP contribution in [0.3, 0.4) is 0 Å². The van der Waals surface area contributed by atoms with E-state index in [-0.39, 0.29) is 11.5 Å². The zero-order valence-corrected chi connectivity index (χ0v) is 14.4. The van der Waals surface area contributed by atoms with Crippen LogP contribution in [0.2, 0.25) is 0 Å². The van der Waals surface area contributed by atoms with Gasteiger partial charge in [0.25, 0.3) is 0 Å². The van der Waals surface area contributed by atoms with E-state index in [1.54, 1.807) is 11.3 Å². The Morgan fingerprint density at radius 3 is 2.64 bits per heavy atom. The molecule has 0 saturated heterocycles. The molecule has 4 heterocycles. The zero-order valence-electron chi connectivity index (χ0n) is 13.6. The van der Waals surface area contributed by atoms with Crippen LogP contribution in [0.15, 0.2) is 12.4 Å². The molecule has 0 bridgehead atoms. The second-order valence-corrected chi connectivity index (χ2v) is 6.86. The second-order valence-electron chi connectivity index (χ2n) is 5.65. The Morgan fingerprint density at radius 1 is 1.24 bits per heavy atom. The minimum absolute atomic E-state index is 0.186. The summed E-state index contributed by atoms with van der Waals surface area (Å²) in [6.07, 6.45) is -2.16. The third-order valence-electron chi connectivity index (χ3n) is 4.08. The molecule has 0 fully saturated rings. The van der Waals surface area contributed by atoms with Gasteiger partial charge in [0.2, 0.25) is 0 Å². The number of aryl methyl sites for hydroxylation is 3. The molecule has 25 heavy (non-hydrogen) atoms. The van der Waals surface area contributed by atoms with Gasteiger partial charge in [-0.1, -0.05) is 6.92 Å². The SMILES string of the molecule is CCc1c(C)sc2ncn3nc(-c4cc(C(F)(F)F)nn4C)nc3c12. The maximum atomic E-state index is 12.9. The molecule has 4 rings (SSSR count). The van der Waals surface area contributed by atoms with Crippen molar-refractivity contribution in [2.75, 3.05) is 0 Å². The van der Waals surface area contributed by atoms with Gasteiger partial charge in [-0.2, -0.15) is 18.3 Å². The first-order chi connectivity index (χ1) is 11.8. The smallest absolute Gasteiger partial charge is 0.264 e. The first-order valence-electron chi connectivity index (χ1n) is 7.54. The Morgan fingerprint density at radius 2 is 2.00 bits per heavy atom. The second kappa shape index (κ2) is 5.25. The van der Waals surface area contributed by atoms with Gasteiger partial charge in [0.15, 0.2) is 17.2 Å². The monoisotopic (exact) mass is 366 g/mol. The minimum atomic E-state index is -4.51. The van der Waals surface area contributed by atoms with E-state index in [0.29, 0.717) is 5.65 Å². The fraction of sp³-hybridized carbons (Fsp3) is 0.333. The van der Waals surface area contributed by atoms with Gasteiger partial charge < -0.3 is 0 Å². The summed E-state index contributed by atoms with van der Waals surface area (Å²) in [6.45, 7) is 4.07. The van der Waals surface area contributed by atoms with Crippen molar-refractivity contribution in [1.29, 1.82) is 0 Å². The van der Waals surface area contributed by atoms with E-state index in [4.69, 9.17) is 0 Å².